The van der Waals surface area contributed by atoms with Crippen molar-refractivity contribution in [2.45, 2.75) is 6.61 Å². The molecule has 0 aliphatic carbocycles. The van der Waals surface area contributed by atoms with Crippen LogP contribution in [-0.2, 0) is 0 Å². The van der Waals surface area contributed by atoms with Gasteiger partial charge in [0.05, 0.1) is 21.3 Å². The highest BCUT2D eigenvalue weighted by molar-refractivity contribution is 6.07. The molecule has 2 aromatic rings. The Kier molecular flexibility index (Phi) is 6.54. The van der Waals surface area contributed by atoms with Crippen molar-refractivity contribution in [1.82, 2.24) is 0 Å². The largest absolute Gasteiger partial charge is 0.493 e. The van der Waals surface area contributed by atoms with Gasteiger partial charge >= 0.3 is 6.61 Å². The lowest BCUT2D eigenvalue weighted by Gasteiger charge is -2.11. The zero-order valence-electron chi connectivity index (χ0n) is 14.5. The van der Waals surface area contributed by atoms with Crippen molar-refractivity contribution >= 4 is 11.9 Å². The van der Waals surface area contributed by atoms with Crippen LogP contribution in [0.2, 0.25) is 0 Å². The van der Waals surface area contributed by atoms with E-state index in [1.54, 1.807) is 24.3 Å². The molecule has 0 aromatic heterocycles. The quantitative estimate of drug-likeness (QED) is 0.519. The van der Waals surface area contributed by atoms with E-state index in [2.05, 4.69) is 4.74 Å². The average Bonchev–Trinajstić information content (AvgIpc) is 2.65. The molecule has 0 saturated heterocycles. The molecule has 2 rings (SSSR count). The van der Waals surface area contributed by atoms with Gasteiger partial charge in [0.25, 0.3) is 0 Å². The molecule has 7 heteroatoms. The van der Waals surface area contributed by atoms with Crippen molar-refractivity contribution in [3.05, 3.63) is 53.6 Å². The Hall–Kier alpha value is -3.09. The summed E-state index contributed by atoms with van der Waals surface area (Å²) < 4.78 is 44.6. The fourth-order valence-corrected chi connectivity index (χ4v) is 2.32. The number of allylic oxidation sites excluding steroid dienone is 1. The third kappa shape index (κ3) is 4.50. The molecule has 0 amide bonds. The van der Waals surface area contributed by atoms with Gasteiger partial charge in [-0.3, -0.25) is 4.79 Å². The van der Waals surface area contributed by atoms with Crippen LogP contribution in [-0.4, -0.2) is 33.7 Å². The standard InChI is InChI=1S/C19H18F2O5/c1-23-16-6-4-5-12(18(16)25-3)7-9-14(22)13-8-10-15(26-19(20)21)17(11-13)24-2/h4-11,19H,1-3H3/b9-7+. The third-order valence-corrected chi connectivity index (χ3v) is 3.51. The maximum atomic E-state index is 12.4. The minimum Gasteiger partial charge on any atom is -0.493 e. The first kappa shape index (κ1) is 19.2. The summed E-state index contributed by atoms with van der Waals surface area (Å²) in [6, 6.07) is 9.27. The Bertz CT molecular complexity index is 803. The van der Waals surface area contributed by atoms with Crippen molar-refractivity contribution in [2.75, 3.05) is 21.3 Å². The number of para-hydroxylation sites is 1. The average molecular weight is 364 g/mol. The first-order valence-corrected chi connectivity index (χ1v) is 7.56. The van der Waals surface area contributed by atoms with E-state index in [0.717, 1.165) is 0 Å². The zero-order chi connectivity index (χ0) is 19.1. The Morgan fingerprint density at radius 1 is 0.962 bits per heavy atom. The molecule has 5 nitrogen and oxygen atoms in total. The summed E-state index contributed by atoms with van der Waals surface area (Å²) in [7, 11) is 4.33. The van der Waals surface area contributed by atoms with Crippen LogP contribution in [0.3, 0.4) is 0 Å². The summed E-state index contributed by atoms with van der Waals surface area (Å²) in [5.41, 5.74) is 0.923. The van der Waals surface area contributed by atoms with Crippen LogP contribution in [0.5, 0.6) is 23.0 Å². The van der Waals surface area contributed by atoms with Gasteiger partial charge in [-0.1, -0.05) is 12.1 Å². The van der Waals surface area contributed by atoms with Gasteiger partial charge in [-0.05, 0) is 36.4 Å². The number of rotatable bonds is 8. The molecule has 0 unspecified atom stereocenters. The van der Waals surface area contributed by atoms with Crippen molar-refractivity contribution < 1.29 is 32.5 Å². The summed E-state index contributed by atoms with van der Waals surface area (Å²) in [6.45, 7) is -2.98. The normalized spacial score (nSPS) is 10.8. The highest BCUT2D eigenvalue weighted by Gasteiger charge is 2.13. The Morgan fingerprint density at radius 3 is 2.31 bits per heavy atom. The van der Waals surface area contributed by atoms with Gasteiger partial charge in [0.1, 0.15) is 0 Å². The number of hydrogen-bond acceptors (Lipinski definition) is 5. The number of halogens is 2. The highest BCUT2D eigenvalue weighted by Crippen LogP contribution is 2.32. The van der Waals surface area contributed by atoms with Crippen LogP contribution in [0, 0.1) is 0 Å². The Morgan fingerprint density at radius 2 is 1.69 bits per heavy atom. The molecule has 0 bridgehead atoms. The molecule has 0 heterocycles. The molecule has 0 radical (unpaired) electrons. The SMILES string of the molecule is COc1cc(C(=O)/C=C/c2cccc(OC)c2OC)ccc1OC(F)F. The molecular weight excluding hydrogens is 346 g/mol. The van der Waals surface area contributed by atoms with E-state index in [-0.39, 0.29) is 22.8 Å². The van der Waals surface area contributed by atoms with Crippen LogP contribution < -0.4 is 18.9 Å². The van der Waals surface area contributed by atoms with Crippen LogP contribution in [0.25, 0.3) is 6.08 Å². The summed E-state index contributed by atoms with van der Waals surface area (Å²) in [5.74, 6) is 0.604. The van der Waals surface area contributed by atoms with E-state index in [4.69, 9.17) is 14.2 Å². The van der Waals surface area contributed by atoms with Crippen LogP contribution >= 0.6 is 0 Å². The molecule has 26 heavy (non-hydrogen) atoms. The molecule has 2 aromatic carbocycles. The van der Waals surface area contributed by atoms with E-state index in [1.165, 1.54) is 45.6 Å². The van der Waals surface area contributed by atoms with E-state index in [0.29, 0.717) is 17.1 Å². The molecule has 0 spiro atoms. The second-order valence-electron chi connectivity index (χ2n) is 5.02. The number of carbonyl (C=O) groups is 1. The van der Waals surface area contributed by atoms with Gasteiger partial charge in [-0.25, -0.2) is 0 Å². The van der Waals surface area contributed by atoms with E-state index < -0.39 is 6.61 Å². The number of carbonyl (C=O) groups excluding carboxylic acids is 1. The number of ether oxygens (including phenoxy) is 4. The predicted molar refractivity (Wildman–Crippen MR) is 92.5 cm³/mol. The zero-order valence-corrected chi connectivity index (χ0v) is 14.5. The summed E-state index contributed by atoms with van der Waals surface area (Å²) in [4.78, 5) is 12.4. The fraction of sp³-hybridized carbons (Fsp3) is 0.211. The van der Waals surface area contributed by atoms with Crippen LogP contribution in [0.15, 0.2) is 42.5 Å². The number of benzene rings is 2. The molecule has 138 valence electrons. The molecule has 0 fully saturated rings. The van der Waals surface area contributed by atoms with E-state index in [1.807, 2.05) is 0 Å². The van der Waals surface area contributed by atoms with Crippen molar-refractivity contribution in [1.29, 1.82) is 0 Å². The molecule has 0 aliphatic rings. The second kappa shape index (κ2) is 8.84. The van der Waals surface area contributed by atoms with E-state index >= 15 is 0 Å². The van der Waals surface area contributed by atoms with Crippen molar-refractivity contribution in [3.63, 3.8) is 0 Å². The first-order valence-electron chi connectivity index (χ1n) is 7.56. The fourth-order valence-electron chi connectivity index (χ4n) is 2.32. The second-order valence-corrected chi connectivity index (χ2v) is 5.02. The summed E-state index contributed by atoms with van der Waals surface area (Å²) in [5, 5.41) is 0. The third-order valence-electron chi connectivity index (χ3n) is 3.51. The Balaban J connectivity index is 2.26. The predicted octanol–water partition coefficient (Wildman–Crippen LogP) is 4.21. The lowest BCUT2D eigenvalue weighted by Crippen LogP contribution is -2.04. The maximum Gasteiger partial charge on any atom is 0.387 e. The molecule has 0 atom stereocenters. The minimum atomic E-state index is -2.98. The number of alkyl halides is 2. The molecule has 0 saturated carbocycles. The summed E-state index contributed by atoms with van der Waals surface area (Å²) in [6.07, 6.45) is 2.93. The lowest BCUT2D eigenvalue weighted by molar-refractivity contribution is -0.0512. The van der Waals surface area contributed by atoms with E-state index in [9.17, 15) is 13.6 Å². The highest BCUT2D eigenvalue weighted by atomic mass is 19.3. The van der Waals surface area contributed by atoms with Crippen molar-refractivity contribution in [2.24, 2.45) is 0 Å². The number of ketones is 1. The van der Waals surface area contributed by atoms with Gasteiger partial charge in [0, 0.05) is 11.1 Å². The lowest BCUT2D eigenvalue weighted by atomic mass is 10.1. The molecule has 0 aliphatic heterocycles. The van der Waals surface area contributed by atoms with Gasteiger partial charge in [0.15, 0.2) is 28.8 Å². The van der Waals surface area contributed by atoms with Gasteiger partial charge in [0.2, 0.25) is 0 Å². The minimum absolute atomic E-state index is 0.0449. The topological polar surface area (TPSA) is 54.0 Å². The van der Waals surface area contributed by atoms with Crippen LogP contribution in [0.4, 0.5) is 8.78 Å². The molecule has 0 N–H and O–H groups in total. The maximum absolute atomic E-state index is 12.4. The first-order chi connectivity index (χ1) is 12.5. The van der Waals surface area contributed by atoms with Gasteiger partial charge in [-0.2, -0.15) is 8.78 Å². The van der Waals surface area contributed by atoms with Crippen molar-refractivity contribution in [3.8, 4) is 23.0 Å². The number of methoxy groups -OCH3 is 3. The van der Waals surface area contributed by atoms with Crippen LogP contribution in [0.1, 0.15) is 15.9 Å². The smallest absolute Gasteiger partial charge is 0.387 e. The monoisotopic (exact) mass is 364 g/mol. The Labute approximate surface area is 149 Å². The number of hydrogen-bond donors (Lipinski definition) is 0. The van der Waals surface area contributed by atoms with Gasteiger partial charge < -0.3 is 18.9 Å². The molecular formula is C19H18F2O5. The summed E-state index contributed by atoms with van der Waals surface area (Å²) >= 11 is 0. The van der Waals surface area contributed by atoms with Gasteiger partial charge in [-0.15, -0.1) is 0 Å².